The van der Waals surface area contributed by atoms with E-state index in [2.05, 4.69) is 26.5 Å². The molecule has 16 heavy (non-hydrogen) atoms. The summed E-state index contributed by atoms with van der Waals surface area (Å²) in [6, 6.07) is 6.50. The molecule has 6 heteroatoms. The molecule has 0 heterocycles. The Kier molecular flexibility index (Phi) is 4.48. The first kappa shape index (κ1) is 12.2. The third-order valence-corrected chi connectivity index (χ3v) is 2.25. The molecule has 1 rings (SSSR count). The number of benzene rings is 1. The Bertz CT molecular complexity index is 466. The second-order valence-electron chi connectivity index (χ2n) is 2.84. The Morgan fingerprint density at radius 1 is 1.69 bits per heavy atom. The van der Waals surface area contributed by atoms with E-state index in [9.17, 15) is 9.90 Å². The summed E-state index contributed by atoms with van der Waals surface area (Å²) in [5.41, 5.74) is 2.91. The first-order valence-electron chi connectivity index (χ1n) is 4.31. The van der Waals surface area contributed by atoms with Crippen molar-refractivity contribution in [3.63, 3.8) is 0 Å². The Hall–Kier alpha value is -1.87. The summed E-state index contributed by atoms with van der Waals surface area (Å²) in [6.07, 6.45) is 1.19. The van der Waals surface area contributed by atoms with Gasteiger partial charge in [0.2, 0.25) is 0 Å². The number of carbonyl (C=O) groups excluding carboxylic acids is 1. The van der Waals surface area contributed by atoms with Gasteiger partial charge in [0.15, 0.2) is 0 Å². The van der Waals surface area contributed by atoms with Crippen molar-refractivity contribution in [3.8, 4) is 11.8 Å². The molecule has 0 aliphatic heterocycles. The van der Waals surface area contributed by atoms with Crippen molar-refractivity contribution in [2.24, 2.45) is 5.10 Å². The number of hydrazone groups is 1. The van der Waals surface area contributed by atoms with E-state index in [1.165, 1.54) is 12.3 Å². The molecule has 0 saturated heterocycles. The van der Waals surface area contributed by atoms with Gasteiger partial charge in [-0.3, -0.25) is 4.79 Å². The molecule has 82 valence electrons. The van der Waals surface area contributed by atoms with E-state index in [-0.39, 0.29) is 12.2 Å². The zero-order chi connectivity index (χ0) is 12.0. The number of phenols is 1. The molecule has 0 fully saturated rings. The Morgan fingerprint density at radius 3 is 3.06 bits per heavy atom. The zero-order valence-electron chi connectivity index (χ0n) is 8.14. The van der Waals surface area contributed by atoms with E-state index < -0.39 is 5.91 Å². The fraction of sp³-hybridized carbons (Fsp3) is 0.100. The number of phenolic OH excluding ortho intramolecular Hbond substituents is 1. The Labute approximate surface area is 101 Å². The number of nitrogens with zero attached hydrogens (tertiary/aromatic N) is 2. The second kappa shape index (κ2) is 5.88. The molecule has 0 radical (unpaired) electrons. The van der Waals surface area contributed by atoms with Gasteiger partial charge < -0.3 is 5.11 Å². The molecule has 1 aromatic rings. The fourth-order valence-electron chi connectivity index (χ4n) is 0.894. The lowest BCUT2D eigenvalue weighted by Gasteiger charge is -1.98. The summed E-state index contributed by atoms with van der Waals surface area (Å²) in [6.45, 7) is 0. The fourth-order valence-corrected chi connectivity index (χ4v) is 1.29. The van der Waals surface area contributed by atoms with Crippen molar-refractivity contribution >= 4 is 28.1 Å². The SMILES string of the molecule is N#CCC(=O)N/N=C\c1ccc(O)c(Br)c1. The van der Waals surface area contributed by atoms with Crippen LogP contribution < -0.4 is 5.43 Å². The summed E-state index contributed by atoms with van der Waals surface area (Å²) in [5.74, 6) is -0.331. The van der Waals surface area contributed by atoms with E-state index in [0.717, 1.165) is 0 Å². The standard InChI is InChI=1S/C10H8BrN3O2/c11-8-5-7(1-2-9(8)15)6-13-14-10(16)3-4-12/h1-2,5-6,15H,3H2,(H,14,16)/b13-6-. The minimum atomic E-state index is -0.461. The number of hydrogen-bond donors (Lipinski definition) is 2. The van der Waals surface area contributed by atoms with Crippen LogP contribution >= 0.6 is 15.9 Å². The maximum absolute atomic E-state index is 10.9. The summed E-state index contributed by atoms with van der Waals surface area (Å²) >= 11 is 3.15. The van der Waals surface area contributed by atoms with E-state index in [1.807, 2.05) is 0 Å². The van der Waals surface area contributed by atoms with Gasteiger partial charge in [-0.1, -0.05) is 0 Å². The molecular formula is C10H8BrN3O2. The number of amides is 1. The molecule has 0 bridgehead atoms. The number of halogens is 1. The van der Waals surface area contributed by atoms with Crippen LogP contribution in [0.4, 0.5) is 0 Å². The predicted octanol–water partition coefficient (Wildman–Crippen LogP) is 1.52. The largest absolute Gasteiger partial charge is 0.507 e. The van der Waals surface area contributed by atoms with Crippen LogP contribution in [0.15, 0.2) is 27.8 Å². The summed E-state index contributed by atoms with van der Waals surface area (Å²) in [7, 11) is 0. The lowest BCUT2D eigenvalue weighted by Crippen LogP contribution is -2.16. The normalized spacial score (nSPS) is 10.0. The topological polar surface area (TPSA) is 85.5 Å². The highest BCUT2D eigenvalue weighted by atomic mass is 79.9. The molecule has 0 unspecified atom stereocenters. The van der Waals surface area contributed by atoms with E-state index in [1.54, 1.807) is 18.2 Å². The third kappa shape index (κ3) is 3.71. The Balaban J connectivity index is 2.60. The number of nitrogens with one attached hydrogen (secondary N) is 1. The molecule has 0 aromatic heterocycles. The van der Waals surface area contributed by atoms with E-state index in [0.29, 0.717) is 10.0 Å². The Morgan fingerprint density at radius 2 is 2.44 bits per heavy atom. The first-order chi connectivity index (χ1) is 7.63. The number of rotatable bonds is 3. The lowest BCUT2D eigenvalue weighted by molar-refractivity contribution is -0.120. The van der Waals surface area contributed by atoms with Gasteiger partial charge in [-0.05, 0) is 39.7 Å². The maximum Gasteiger partial charge on any atom is 0.254 e. The highest BCUT2D eigenvalue weighted by Crippen LogP contribution is 2.23. The smallest absolute Gasteiger partial charge is 0.254 e. The highest BCUT2D eigenvalue weighted by Gasteiger charge is 1.98. The molecule has 5 nitrogen and oxygen atoms in total. The summed E-state index contributed by atoms with van der Waals surface area (Å²) in [5, 5.41) is 21.1. The maximum atomic E-state index is 10.9. The van der Waals surface area contributed by atoms with Crippen molar-refractivity contribution in [2.75, 3.05) is 0 Å². The first-order valence-corrected chi connectivity index (χ1v) is 5.10. The van der Waals surface area contributed by atoms with Crippen LogP contribution in [0.25, 0.3) is 0 Å². The highest BCUT2D eigenvalue weighted by molar-refractivity contribution is 9.10. The van der Waals surface area contributed by atoms with Gasteiger partial charge in [0.1, 0.15) is 12.2 Å². The number of nitriles is 1. The van der Waals surface area contributed by atoms with E-state index in [4.69, 9.17) is 5.26 Å². The molecule has 0 aliphatic carbocycles. The van der Waals surface area contributed by atoms with Crippen molar-refractivity contribution in [1.29, 1.82) is 5.26 Å². The van der Waals surface area contributed by atoms with Crippen LogP contribution in [0.3, 0.4) is 0 Å². The van der Waals surface area contributed by atoms with Gasteiger partial charge in [0.25, 0.3) is 5.91 Å². The molecular weight excluding hydrogens is 274 g/mol. The van der Waals surface area contributed by atoms with Crippen LogP contribution in [0.5, 0.6) is 5.75 Å². The van der Waals surface area contributed by atoms with Gasteiger partial charge >= 0.3 is 0 Å². The molecule has 0 atom stereocenters. The van der Waals surface area contributed by atoms with Crippen molar-refractivity contribution in [3.05, 3.63) is 28.2 Å². The molecule has 0 spiro atoms. The van der Waals surface area contributed by atoms with Gasteiger partial charge in [-0.15, -0.1) is 0 Å². The van der Waals surface area contributed by atoms with Crippen LogP contribution in [0.1, 0.15) is 12.0 Å². The van der Waals surface area contributed by atoms with E-state index >= 15 is 0 Å². The average Bonchev–Trinajstić information content (AvgIpc) is 2.24. The molecule has 2 N–H and O–H groups in total. The molecule has 0 aliphatic rings. The van der Waals surface area contributed by atoms with Crippen molar-refractivity contribution < 1.29 is 9.90 Å². The number of carbonyl (C=O) groups is 1. The monoisotopic (exact) mass is 281 g/mol. The van der Waals surface area contributed by atoms with Gasteiger partial charge in [0.05, 0.1) is 16.8 Å². The predicted molar refractivity (Wildman–Crippen MR) is 61.8 cm³/mol. The second-order valence-corrected chi connectivity index (χ2v) is 3.69. The minimum absolute atomic E-state index is 0.130. The third-order valence-electron chi connectivity index (χ3n) is 1.61. The zero-order valence-corrected chi connectivity index (χ0v) is 9.73. The van der Waals surface area contributed by atoms with Crippen LogP contribution in [-0.4, -0.2) is 17.2 Å². The number of aromatic hydroxyl groups is 1. The lowest BCUT2D eigenvalue weighted by atomic mass is 10.2. The minimum Gasteiger partial charge on any atom is -0.507 e. The molecule has 1 aromatic carbocycles. The quantitative estimate of drug-likeness (QED) is 0.651. The van der Waals surface area contributed by atoms with Crippen LogP contribution in [0, 0.1) is 11.3 Å². The van der Waals surface area contributed by atoms with Crippen LogP contribution in [0.2, 0.25) is 0 Å². The van der Waals surface area contributed by atoms with Gasteiger partial charge in [-0.25, -0.2) is 5.43 Å². The summed E-state index contributed by atoms with van der Waals surface area (Å²) in [4.78, 5) is 10.9. The summed E-state index contributed by atoms with van der Waals surface area (Å²) < 4.78 is 0.541. The van der Waals surface area contributed by atoms with Crippen molar-refractivity contribution in [2.45, 2.75) is 6.42 Å². The van der Waals surface area contributed by atoms with Crippen LogP contribution in [-0.2, 0) is 4.79 Å². The average molecular weight is 282 g/mol. The number of hydrogen-bond acceptors (Lipinski definition) is 4. The molecule has 0 saturated carbocycles. The van der Waals surface area contributed by atoms with Crippen molar-refractivity contribution in [1.82, 2.24) is 5.43 Å². The molecule has 1 amide bonds. The van der Waals surface area contributed by atoms with Gasteiger partial charge in [0, 0.05) is 0 Å². The van der Waals surface area contributed by atoms with Gasteiger partial charge in [-0.2, -0.15) is 10.4 Å².